The minimum absolute atomic E-state index is 0.0390. The summed E-state index contributed by atoms with van der Waals surface area (Å²) in [6.45, 7) is 5.31. The fraction of sp³-hybridized carbons (Fsp3) is 0.167. The molecule has 0 saturated carbocycles. The van der Waals surface area contributed by atoms with Crippen LogP contribution in [-0.4, -0.2) is 18.8 Å². The zero-order chi connectivity index (χ0) is 18.6. The predicted octanol–water partition coefficient (Wildman–Crippen LogP) is 5.44. The Balaban J connectivity index is 2.39. The minimum Gasteiger partial charge on any atom is -0.462 e. The van der Waals surface area contributed by atoms with Crippen molar-refractivity contribution >= 4 is 23.8 Å². The third-order valence-electron chi connectivity index (χ3n) is 3.27. The number of thioether (sulfide) groups is 1. The molecule has 132 valence electrons. The number of halogens is 3. The molecule has 0 aliphatic rings. The van der Waals surface area contributed by atoms with Crippen molar-refractivity contribution in [2.75, 3.05) is 12.9 Å². The van der Waals surface area contributed by atoms with E-state index >= 15 is 0 Å². The van der Waals surface area contributed by atoms with E-state index in [1.165, 1.54) is 30.5 Å². The standard InChI is InChI=1S/C18H15F3O3S/c1-4-12-13(19)16(14(20)15(21)17(12)25-3)24-11-8-6-10(7-9-11)18(22)23-5-2/h4,6-9H,1,5H2,2-3H3. The zero-order valence-corrected chi connectivity index (χ0v) is 14.4. The molecule has 0 bridgehead atoms. The summed E-state index contributed by atoms with van der Waals surface area (Å²) in [6.07, 6.45) is 2.60. The van der Waals surface area contributed by atoms with E-state index in [0.29, 0.717) is 0 Å². The van der Waals surface area contributed by atoms with Gasteiger partial charge >= 0.3 is 5.97 Å². The van der Waals surface area contributed by atoms with Crippen LogP contribution in [0.25, 0.3) is 6.08 Å². The van der Waals surface area contributed by atoms with Gasteiger partial charge in [-0.25, -0.2) is 13.6 Å². The molecule has 0 aliphatic heterocycles. The first-order chi connectivity index (χ1) is 11.9. The Morgan fingerprint density at radius 2 is 1.80 bits per heavy atom. The quantitative estimate of drug-likeness (QED) is 0.386. The van der Waals surface area contributed by atoms with Crippen molar-refractivity contribution in [1.29, 1.82) is 0 Å². The van der Waals surface area contributed by atoms with Gasteiger partial charge in [-0.15, -0.1) is 11.8 Å². The van der Waals surface area contributed by atoms with E-state index in [1.807, 2.05) is 0 Å². The van der Waals surface area contributed by atoms with E-state index in [4.69, 9.17) is 9.47 Å². The molecule has 0 heterocycles. The van der Waals surface area contributed by atoms with Crippen LogP contribution >= 0.6 is 11.8 Å². The maximum absolute atomic E-state index is 14.5. The second kappa shape index (κ2) is 8.11. The molecule has 0 N–H and O–H groups in total. The maximum atomic E-state index is 14.5. The van der Waals surface area contributed by atoms with Gasteiger partial charge in [0, 0.05) is 5.56 Å². The fourth-order valence-electron chi connectivity index (χ4n) is 2.10. The number of ether oxygens (including phenoxy) is 2. The van der Waals surface area contributed by atoms with Gasteiger partial charge in [-0.3, -0.25) is 0 Å². The van der Waals surface area contributed by atoms with Gasteiger partial charge in [0.15, 0.2) is 11.6 Å². The number of esters is 1. The Hall–Kier alpha value is -2.41. The Bertz CT molecular complexity index is 804. The first-order valence-corrected chi connectivity index (χ1v) is 8.48. The van der Waals surface area contributed by atoms with Crippen LogP contribution in [0.5, 0.6) is 11.5 Å². The van der Waals surface area contributed by atoms with Crippen molar-refractivity contribution < 1.29 is 27.4 Å². The Labute approximate surface area is 147 Å². The molecule has 0 fully saturated rings. The maximum Gasteiger partial charge on any atom is 0.338 e. The molecular formula is C18H15F3O3S. The van der Waals surface area contributed by atoms with Crippen LogP contribution < -0.4 is 4.74 Å². The van der Waals surface area contributed by atoms with Crippen molar-refractivity contribution in [3.8, 4) is 11.5 Å². The van der Waals surface area contributed by atoms with E-state index in [-0.39, 0.29) is 28.4 Å². The molecule has 25 heavy (non-hydrogen) atoms. The summed E-state index contributed by atoms with van der Waals surface area (Å²) in [4.78, 5) is 11.4. The van der Waals surface area contributed by atoms with Gasteiger partial charge < -0.3 is 9.47 Å². The summed E-state index contributed by atoms with van der Waals surface area (Å²) in [6, 6.07) is 5.42. The topological polar surface area (TPSA) is 35.5 Å². The van der Waals surface area contributed by atoms with Crippen LogP contribution in [0.2, 0.25) is 0 Å². The monoisotopic (exact) mass is 368 g/mol. The first-order valence-electron chi connectivity index (χ1n) is 7.26. The SMILES string of the molecule is C=Cc1c(F)c(Oc2ccc(C(=O)OCC)cc2)c(F)c(F)c1SC. The summed E-state index contributed by atoms with van der Waals surface area (Å²) < 4.78 is 52.7. The average Bonchev–Trinajstić information content (AvgIpc) is 2.62. The third-order valence-corrected chi connectivity index (χ3v) is 4.07. The smallest absolute Gasteiger partial charge is 0.338 e. The number of carbonyl (C=O) groups excluding carboxylic acids is 1. The van der Waals surface area contributed by atoms with Crippen LogP contribution in [0.3, 0.4) is 0 Å². The van der Waals surface area contributed by atoms with E-state index in [1.54, 1.807) is 6.92 Å². The molecule has 0 atom stereocenters. The number of rotatable bonds is 6. The molecule has 2 aromatic carbocycles. The van der Waals surface area contributed by atoms with Gasteiger partial charge in [-0.05, 0) is 37.4 Å². The molecule has 0 aromatic heterocycles. The Morgan fingerprint density at radius 3 is 2.32 bits per heavy atom. The van der Waals surface area contributed by atoms with Crippen LogP contribution in [0, 0.1) is 17.5 Å². The number of hydrogen-bond acceptors (Lipinski definition) is 4. The van der Waals surface area contributed by atoms with Crippen molar-refractivity contribution in [3.63, 3.8) is 0 Å². The lowest BCUT2D eigenvalue weighted by Crippen LogP contribution is -2.04. The van der Waals surface area contributed by atoms with Crippen LogP contribution in [0.1, 0.15) is 22.8 Å². The van der Waals surface area contributed by atoms with Gasteiger partial charge in [-0.2, -0.15) is 4.39 Å². The molecule has 0 unspecified atom stereocenters. The fourth-order valence-corrected chi connectivity index (χ4v) is 2.76. The normalized spacial score (nSPS) is 10.4. The molecular weight excluding hydrogens is 353 g/mol. The molecule has 3 nitrogen and oxygen atoms in total. The summed E-state index contributed by atoms with van der Waals surface area (Å²) in [7, 11) is 0. The van der Waals surface area contributed by atoms with Crippen molar-refractivity contribution in [1.82, 2.24) is 0 Å². The molecule has 2 rings (SSSR count). The first kappa shape index (κ1) is 18.9. The highest BCUT2D eigenvalue weighted by Gasteiger charge is 2.25. The van der Waals surface area contributed by atoms with E-state index in [9.17, 15) is 18.0 Å². The van der Waals surface area contributed by atoms with Gasteiger partial charge in [0.05, 0.1) is 17.1 Å². The largest absolute Gasteiger partial charge is 0.462 e. The Morgan fingerprint density at radius 1 is 1.16 bits per heavy atom. The highest BCUT2D eigenvalue weighted by Crippen LogP contribution is 2.38. The zero-order valence-electron chi connectivity index (χ0n) is 13.6. The number of benzene rings is 2. The third kappa shape index (κ3) is 3.82. The average molecular weight is 368 g/mol. The predicted molar refractivity (Wildman–Crippen MR) is 90.7 cm³/mol. The number of hydrogen-bond donors (Lipinski definition) is 0. The van der Waals surface area contributed by atoms with Crippen LogP contribution in [-0.2, 0) is 4.74 Å². The van der Waals surface area contributed by atoms with Crippen LogP contribution in [0.15, 0.2) is 35.7 Å². The minimum atomic E-state index is -1.43. The molecule has 0 spiro atoms. The van der Waals surface area contributed by atoms with Gasteiger partial charge in [-0.1, -0.05) is 12.7 Å². The summed E-state index contributed by atoms with van der Waals surface area (Å²) in [5, 5.41) is 0. The van der Waals surface area contributed by atoms with Crippen molar-refractivity contribution in [3.05, 3.63) is 59.4 Å². The lowest BCUT2D eigenvalue weighted by Gasteiger charge is -2.14. The summed E-state index contributed by atoms with van der Waals surface area (Å²) in [5.74, 6) is -5.04. The molecule has 0 amide bonds. The van der Waals surface area contributed by atoms with Gasteiger partial charge in [0.1, 0.15) is 5.75 Å². The van der Waals surface area contributed by atoms with Crippen molar-refractivity contribution in [2.24, 2.45) is 0 Å². The lowest BCUT2D eigenvalue weighted by molar-refractivity contribution is 0.0526. The number of carbonyl (C=O) groups is 1. The van der Waals surface area contributed by atoms with Gasteiger partial charge in [0.2, 0.25) is 11.6 Å². The molecule has 2 aromatic rings. The molecule has 0 saturated heterocycles. The molecule has 0 radical (unpaired) electrons. The van der Waals surface area contributed by atoms with E-state index in [0.717, 1.165) is 17.8 Å². The highest BCUT2D eigenvalue weighted by atomic mass is 32.2. The van der Waals surface area contributed by atoms with E-state index < -0.39 is 29.2 Å². The Kier molecular flexibility index (Phi) is 6.14. The molecule has 7 heteroatoms. The van der Waals surface area contributed by atoms with Crippen LogP contribution in [0.4, 0.5) is 13.2 Å². The summed E-state index contributed by atoms with van der Waals surface area (Å²) in [5.41, 5.74) is 0.0791. The van der Waals surface area contributed by atoms with Crippen molar-refractivity contribution in [2.45, 2.75) is 11.8 Å². The van der Waals surface area contributed by atoms with Gasteiger partial charge in [0.25, 0.3) is 0 Å². The lowest BCUT2D eigenvalue weighted by atomic mass is 10.1. The van der Waals surface area contributed by atoms with E-state index in [2.05, 4.69) is 6.58 Å². The second-order valence-electron chi connectivity index (χ2n) is 4.77. The molecule has 0 aliphatic carbocycles. The second-order valence-corrected chi connectivity index (χ2v) is 5.59. The summed E-state index contributed by atoms with van der Waals surface area (Å²) >= 11 is 0.867. The highest BCUT2D eigenvalue weighted by molar-refractivity contribution is 7.98.